The average molecular weight is 374 g/mol. The summed E-state index contributed by atoms with van der Waals surface area (Å²) in [5.74, 6) is 0. The van der Waals surface area contributed by atoms with Crippen molar-refractivity contribution in [2.45, 2.75) is 70.4 Å². The largest absolute Gasteiger partial charge is 0.465 e. The van der Waals surface area contributed by atoms with Crippen LogP contribution in [0.5, 0.6) is 0 Å². The standard InChI is InChI=1S/C20H26N2O5/c1-13-4-6-15(7-5-13)12-27-20(3)11-14(2)10-17(18(20)22(25)26)21(19(23)24)16-8-9-16/h4-7,10,16-18H,8-9,11-12H2,1-3H3,(H,23,24). The topological polar surface area (TPSA) is 92.9 Å². The van der Waals surface area contributed by atoms with Crippen molar-refractivity contribution in [3.05, 3.63) is 57.2 Å². The highest BCUT2D eigenvalue weighted by atomic mass is 16.6. The zero-order valence-electron chi connectivity index (χ0n) is 15.9. The highest BCUT2D eigenvalue weighted by Gasteiger charge is 2.56. The number of hydrogen-bond donors (Lipinski definition) is 1. The van der Waals surface area contributed by atoms with Gasteiger partial charge in [0, 0.05) is 17.4 Å². The maximum atomic E-state index is 12.0. The summed E-state index contributed by atoms with van der Waals surface area (Å²) in [6, 6.07) is 5.72. The number of aryl methyl sites for hydroxylation is 1. The van der Waals surface area contributed by atoms with Crippen LogP contribution in [0, 0.1) is 17.0 Å². The molecule has 3 unspecified atom stereocenters. The molecule has 0 aromatic heterocycles. The third-order valence-corrected chi connectivity index (χ3v) is 5.43. The summed E-state index contributed by atoms with van der Waals surface area (Å²) in [4.78, 5) is 24.7. The third kappa shape index (κ3) is 4.13. The SMILES string of the molecule is CC1=CC(N(C(=O)O)C2CC2)C([N+](=O)[O-])C(C)(OCc2ccc(C)cc2)C1. The predicted molar refractivity (Wildman–Crippen MR) is 100 cm³/mol. The Kier molecular flexibility index (Phi) is 5.24. The van der Waals surface area contributed by atoms with E-state index in [0.717, 1.165) is 29.5 Å². The first-order valence-electron chi connectivity index (χ1n) is 9.23. The Labute approximate surface area is 158 Å². The molecule has 1 saturated carbocycles. The van der Waals surface area contributed by atoms with Gasteiger partial charge in [0.15, 0.2) is 0 Å². The van der Waals surface area contributed by atoms with Gasteiger partial charge in [-0.15, -0.1) is 0 Å². The molecule has 1 aromatic rings. The van der Waals surface area contributed by atoms with E-state index in [4.69, 9.17) is 4.74 Å². The second kappa shape index (κ2) is 7.31. The highest BCUT2D eigenvalue weighted by Crippen LogP contribution is 2.40. The van der Waals surface area contributed by atoms with Crippen LogP contribution in [0.1, 0.15) is 44.2 Å². The number of nitrogens with zero attached hydrogens (tertiary/aromatic N) is 2. The molecule has 3 atom stereocenters. The molecule has 1 N–H and O–H groups in total. The zero-order chi connectivity index (χ0) is 19.8. The van der Waals surface area contributed by atoms with Gasteiger partial charge >= 0.3 is 6.09 Å². The number of hydrogen-bond acceptors (Lipinski definition) is 4. The molecule has 7 nitrogen and oxygen atoms in total. The summed E-state index contributed by atoms with van der Waals surface area (Å²) in [6.45, 7) is 5.85. The van der Waals surface area contributed by atoms with Gasteiger partial charge in [-0.1, -0.05) is 41.5 Å². The lowest BCUT2D eigenvalue weighted by Gasteiger charge is -2.42. The maximum Gasteiger partial charge on any atom is 0.408 e. The minimum absolute atomic E-state index is 0.140. The van der Waals surface area contributed by atoms with E-state index in [0.29, 0.717) is 6.42 Å². The Bertz CT molecular complexity index is 756. The number of ether oxygens (including phenoxy) is 1. The van der Waals surface area contributed by atoms with E-state index in [1.807, 2.05) is 38.1 Å². The molecule has 1 fully saturated rings. The maximum absolute atomic E-state index is 12.0. The molecule has 1 aromatic carbocycles. The van der Waals surface area contributed by atoms with Crippen molar-refractivity contribution in [3.8, 4) is 0 Å². The fraction of sp³-hybridized carbons (Fsp3) is 0.550. The first-order chi connectivity index (χ1) is 12.7. The van der Waals surface area contributed by atoms with Crippen molar-refractivity contribution in [1.82, 2.24) is 4.90 Å². The Morgan fingerprint density at radius 3 is 2.48 bits per heavy atom. The molecular formula is C20H26N2O5. The van der Waals surface area contributed by atoms with Crippen LogP contribution in [0.3, 0.4) is 0 Å². The fourth-order valence-corrected chi connectivity index (χ4v) is 3.99. The minimum Gasteiger partial charge on any atom is -0.465 e. The van der Waals surface area contributed by atoms with Crippen LogP contribution in [0.15, 0.2) is 35.9 Å². The van der Waals surface area contributed by atoms with E-state index in [2.05, 4.69) is 0 Å². The number of carboxylic acid groups (broad SMARTS) is 1. The first kappa shape index (κ1) is 19.4. The van der Waals surface area contributed by atoms with Crippen LogP contribution >= 0.6 is 0 Å². The molecule has 0 radical (unpaired) electrons. The van der Waals surface area contributed by atoms with Crippen LogP contribution in [0.2, 0.25) is 0 Å². The van der Waals surface area contributed by atoms with Crippen LogP contribution < -0.4 is 0 Å². The van der Waals surface area contributed by atoms with Gasteiger partial charge in [0.05, 0.1) is 6.61 Å². The Morgan fingerprint density at radius 2 is 1.96 bits per heavy atom. The van der Waals surface area contributed by atoms with E-state index < -0.39 is 23.8 Å². The van der Waals surface area contributed by atoms with E-state index >= 15 is 0 Å². The number of benzene rings is 1. The molecule has 146 valence electrons. The molecule has 27 heavy (non-hydrogen) atoms. The normalized spacial score (nSPS) is 27.7. The summed E-state index contributed by atoms with van der Waals surface area (Å²) in [5, 5.41) is 21.6. The van der Waals surface area contributed by atoms with Crippen LogP contribution in [-0.4, -0.2) is 44.7 Å². The summed E-state index contributed by atoms with van der Waals surface area (Å²) in [7, 11) is 0. The van der Waals surface area contributed by atoms with E-state index in [-0.39, 0.29) is 17.6 Å². The molecule has 0 bridgehead atoms. The van der Waals surface area contributed by atoms with Gasteiger partial charge < -0.3 is 9.84 Å². The van der Waals surface area contributed by atoms with Gasteiger partial charge in [0.25, 0.3) is 6.04 Å². The second-order valence-electron chi connectivity index (χ2n) is 7.92. The van der Waals surface area contributed by atoms with Gasteiger partial charge in [0.1, 0.15) is 11.6 Å². The van der Waals surface area contributed by atoms with Gasteiger partial charge in [-0.25, -0.2) is 4.79 Å². The molecule has 0 spiro atoms. The Balaban J connectivity index is 1.88. The highest BCUT2D eigenvalue weighted by molar-refractivity contribution is 5.67. The van der Waals surface area contributed by atoms with Crippen molar-refractivity contribution in [3.63, 3.8) is 0 Å². The van der Waals surface area contributed by atoms with E-state index in [1.54, 1.807) is 13.0 Å². The van der Waals surface area contributed by atoms with Crippen LogP contribution in [-0.2, 0) is 11.3 Å². The van der Waals surface area contributed by atoms with E-state index in [1.165, 1.54) is 4.90 Å². The van der Waals surface area contributed by atoms with E-state index in [9.17, 15) is 20.0 Å². The lowest BCUT2D eigenvalue weighted by Crippen LogP contribution is -2.61. The summed E-state index contributed by atoms with van der Waals surface area (Å²) >= 11 is 0. The fourth-order valence-electron chi connectivity index (χ4n) is 3.99. The van der Waals surface area contributed by atoms with Gasteiger partial charge in [0.2, 0.25) is 0 Å². The summed E-state index contributed by atoms with van der Waals surface area (Å²) in [6.07, 6.45) is 2.53. The average Bonchev–Trinajstić information content (AvgIpc) is 3.38. The third-order valence-electron chi connectivity index (χ3n) is 5.43. The number of carbonyl (C=O) groups is 1. The van der Waals surface area contributed by atoms with Gasteiger partial charge in [-0.05, 0) is 39.2 Å². The monoisotopic (exact) mass is 374 g/mol. The molecule has 0 aliphatic heterocycles. The molecule has 3 rings (SSSR count). The number of rotatable bonds is 6. The Morgan fingerprint density at radius 1 is 1.33 bits per heavy atom. The van der Waals surface area contributed by atoms with Crippen molar-refractivity contribution < 1.29 is 19.6 Å². The predicted octanol–water partition coefficient (Wildman–Crippen LogP) is 3.78. The smallest absolute Gasteiger partial charge is 0.408 e. The first-order valence-corrected chi connectivity index (χ1v) is 9.23. The minimum atomic E-state index is -1.15. The lowest BCUT2D eigenvalue weighted by molar-refractivity contribution is -0.552. The number of amides is 1. The summed E-state index contributed by atoms with van der Waals surface area (Å²) in [5.41, 5.74) is 1.90. The van der Waals surface area contributed by atoms with Gasteiger partial charge in [-0.3, -0.25) is 15.0 Å². The van der Waals surface area contributed by atoms with Crippen molar-refractivity contribution >= 4 is 6.09 Å². The second-order valence-corrected chi connectivity index (χ2v) is 7.92. The van der Waals surface area contributed by atoms with Crippen molar-refractivity contribution in [2.75, 3.05) is 0 Å². The zero-order valence-corrected chi connectivity index (χ0v) is 15.9. The van der Waals surface area contributed by atoms with Gasteiger partial charge in [-0.2, -0.15) is 0 Å². The number of nitro groups is 1. The molecule has 1 amide bonds. The molecular weight excluding hydrogens is 348 g/mol. The quantitative estimate of drug-likeness (QED) is 0.465. The Hall–Kier alpha value is -2.41. The molecule has 0 heterocycles. The van der Waals surface area contributed by atoms with Crippen molar-refractivity contribution in [1.29, 1.82) is 0 Å². The molecule has 2 aliphatic rings. The summed E-state index contributed by atoms with van der Waals surface area (Å²) < 4.78 is 6.10. The van der Waals surface area contributed by atoms with Crippen molar-refractivity contribution in [2.24, 2.45) is 0 Å². The van der Waals surface area contributed by atoms with Crippen LogP contribution in [0.4, 0.5) is 4.79 Å². The molecule has 7 heteroatoms. The molecule has 2 aliphatic carbocycles. The van der Waals surface area contributed by atoms with Crippen LogP contribution in [0.25, 0.3) is 0 Å². The molecule has 0 saturated heterocycles. The lowest BCUT2D eigenvalue weighted by atomic mass is 9.78.